The molecule has 1 aromatic heterocycles. The number of fused-ring (bicyclic) bond motifs is 1. The van der Waals surface area contributed by atoms with Gasteiger partial charge in [-0.2, -0.15) is 5.10 Å². The average Bonchev–Trinajstić information content (AvgIpc) is 3.01. The van der Waals surface area contributed by atoms with E-state index in [9.17, 15) is 4.39 Å². The maximum atomic E-state index is 14.8. The molecule has 2 fully saturated rings. The Balaban J connectivity index is 0.00000109. The molecule has 0 aliphatic carbocycles. The van der Waals surface area contributed by atoms with Crippen LogP contribution in [0.25, 0.3) is 10.9 Å². The molecule has 1 unspecified atom stereocenters. The van der Waals surface area contributed by atoms with Gasteiger partial charge in [0, 0.05) is 55.9 Å². The first-order valence-electron chi connectivity index (χ1n) is 10.2. The zero-order valence-electron chi connectivity index (χ0n) is 17.6. The molecule has 4 rings (SSSR count). The molecule has 0 spiro atoms. The van der Waals surface area contributed by atoms with Gasteiger partial charge in [-0.1, -0.05) is 27.0 Å². The van der Waals surface area contributed by atoms with Crippen molar-refractivity contribution >= 4 is 16.6 Å². The fraction of sp³-hybridized carbons (Fsp3) is 0.500. The highest BCUT2D eigenvalue weighted by atomic mass is 19.1. The molecule has 2 saturated heterocycles. The van der Waals surface area contributed by atoms with Crippen molar-refractivity contribution in [3.8, 4) is 0 Å². The number of rotatable bonds is 2. The van der Waals surface area contributed by atoms with E-state index in [2.05, 4.69) is 35.3 Å². The van der Waals surface area contributed by atoms with Crippen molar-refractivity contribution < 1.29 is 4.39 Å². The van der Waals surface area contributed by atoms with Crippen LogP contribution in [0.5, 0.6) is 0 Å². The maximum absolute atomic E-state index is 14.8. The van der Waals surface area contributed by atoms with Gasteiger partial charge in [0.05, 0.1) is 16.9 Å². The van der Waals surface area contributed by atoms with Crippen molar-refractivity contribution in [3.63, 3.8) is 0 Å². The summed E-state index contributed by atoms with van der Waals surface area (Å²) in [4.78, 5) is 4.42. The summed E-state index contributed by atoms with van der Waals surface area (Å²) in [5, 5.41) is 9.07. The largest absolute Gasteiger partial charge is 0.365 e. The van der Waals surface area contributed by atoms with Gasteiger partial charge in [-0.25, -0.2) is 4.39 Å². The Labute approximate surface area is 167 Å². The molecule has 0 amide bonds. The first-order chi connectivity index (χ1) is 13.5. The molecule has 1 N–H and O–H groups in total. The van der Waals surface area contributed by atoms with Crippen molar-refractivity contribution in [1.82, 2.24) is 20.0 Å². The van der Waals surface area contributed by atoms with Crippen LogP contribution in [0.15, 0.2) is 36.7 Å². The zero-order chi connectivity index (χ0) is 20.4. The standard InChI is InChI=1S/C20H26FN5.C2H6/c1-13-5-6-15(14(2)22-13)18-16-7-8-17(21)20(19(16)25(4)23-18)26-11-9-24(3)10-12-26;1-2/h7-8,15,22H,1-2,5-6,9-12H2,3-4H3;1-2H3. The van der Waals surface area contributed by atoms with Crippen LogP contribution in [0.1, 0.15) is 38.3 Å². The van der Waals surface area contributed by atoms with E-state index in [-0.39, 0.29) is 11.7 Å². The van der Waals surface area contributed by atoms with Gasteiger partial charge in [0.2, 0.25) is 0 Å². The van der Waals surface area contributed by atoms with Gasteiger partial charge in [0.15, 0.2) is 0 Å². The Morgan fingerprint density at radius 3 is 2.43 bits per heavy atom. The van der Waals surface area contributed by atoms with Gasteiger partial charge in [-0.05, 0) is 32.0 Å². The molecular formula is C22H32FN5. The van der Waals surface area contributed by atoms with Gasteiger partial charge >= 0.3 is 0 Å². The maximum Gasteiger partial charge on any atom is 0.148 e. The summed E-state index contributed by atoms with van der Waals surface area (Å²) in [5.41, 5.74) is 4.45. The number of likely N-dealkylation sites (N-methyl/N-ethyl adjacent to an activating group) is 1. The summed E-state index contributed by atoms with van der Waals surface area (Å²) in [5.74, 6) is -0.0550. The highest BCUT2D eigenvalue weighted by molar-refractivity contribution is 5.94. The first kappa shape index (κ1) is 20.4. The van der Waals surface area contributed by atoms with Crippen LogP contribution in [0, 0.1) is 5.82 Å². The lowest BCUT2D eigenvalue weighted by Gasteiger charge is -2.34. The Morgan fingerprint density at radius 1 is 1.11 bits per heavy atom. The van der Waals surface area contributed by atoms with Crippen LogP contribution in [0.3, 0.4) is 0 Å². The molecule has 2 aromatic rings. The van der Waals surface area contributed by atoms with E-state index >= 15 is 0 Å². The number of anilines is 1. The van der Waals surface area contributed by atoms with Crippen LogP contribution >= 0.6 is 0 Å². The summed E-state index contributed by atoms with van der Waals surface area (Å²) in [6, 6.07) is 3.45. The predicted molar refractivity (Wildman–Crippen MR) is 115 cm³/mol. The number of nitrogens with one attached hydrogen (secondary N) is 1. The smallest absolute Gasteiger partial charge is 0.148 e. The molecule has 1 atom stereocenters. The number of benzene rings is 1. The van der Waals surface area contributed by atoms with E-state index in [0.29, 0.717) is 5.69 Å². The lowest BCUT2D eigenvalue weighted by Crippen LogP contribution is -2.45. The van der Waals surface area contributed by atoms with Gasteiger partial charge in [0.25, 0.3) is 0 Å². The number of nitrogens with zero attached hydrogens (tertiary/aromatic N) is 4. The van der Waals surface area contributed by atoms with E-state index < -0.39 is 0 Å². The summed E-state index contributed by atoms with van der Waals surface area (Å²) in [6.45, 7) is 15.7. The second-order valence-corrected chi connectivity index (χ2v) is 7.44. The fourth-order valence-corrected chi connectivity index (χ4v) is 4.11. The third-order valence-corrected chi connectivity index (χ3v) is 5.60. The molecule has 3 heterocycles. The molecule has 6 heteroatoms. The molecule has 5 nitrogen and oxygen atoms in total. The van der Waals surface area contributed by atoms with E-state index in [4.69, 9.17) is 5.10 Å². The zero-order valence-corrected chi connectivity index (χ0v) is 17.6. The van der Waals surface area contributed by atoms with Crippen LogP contribution in [0.2, 0.25) is 0 Å². The van der Waals surface area contributed by atoms with Crippen molar-refractivity contribution in [1.29, 1.82) is 0 Å². The molecule has 0 saturated carbocycles. The Bertz CT molecular complexity index is 877. The van der Waals surface area contributed by atoms with E-state index in [1.54, 1.807) is 6.07 Å². The van der Waals surface area contributed by atoms with Gasteiger partial charge < -0.3 is 15.1 Å². The second kappa shape index (κ2) is 8.35. The molecule has 0 radical (unpaired) electrons. The quantitative estimate of drug-likeness (QED) is 0.848. The minimum atomic E-state index is -0.175. The molecular weight excluding hydrogens is 353 g/mol. The SMILES string of the molecule is C=C1CCC(c2nn(C)c3c(N4CCN(C)CC4)c(F)ccc23)C(=C)N1.CC. The predicted octanol–water partition coefficient (Wildman–Crippen LogP) is 3.98. The molecule has 2 aliphatic heterocycles. The molecule has 28 heavy (non-hydrogen) atoms. The Kier molecular flexibility index (Phi) is 6.08. The molecule has 2 aliphatic rings. The number of hydrogen-bond donors (Lipinski definition) is 1. The van der Waals surface area contributed by atoms with Crippen molar-refractivity contribution in [2.75, 3.05) is 38.1 Å². The minimum absolute atomic E-state index is 0.120. The molecule has 0 bridgehead atoms. The molecule has 1 aromatic carbocycles. The number of aromatic nitrogens is 2. The Morgan fingerprint density at radius 2 is 1.79 bits per heavy atom. The number of aryl methyl sites for hydroxylation is 1. The summed E-state index contributed by atoms with van der Waals surface area (Å²) >= 11 is 0. The topological polar surface area (TPSA) is 36.3 Å². The van der Waals surface area contributed by atoms with Crippen molar-refractivity contribution in [3.05, 3.63) is 48.2 Å². The van der Waals surface area contributed by atoms with Crippen molar-refractivity contribution in [2.45, 2.75) is 32.6 Å². The van der Waals surface area contributed by atoms with E-state index in [0.717, 1.165) is 67.0 Å². The number of allylic oxidation sites excluding steroid dienone is 2. The van der Waals surface area contributed by atoms with Crippen LogP contribution in [0.4, 0.5) is 10.1 Å². The third-order valence-electron chi connectivity index (χ3n) is 5.60. The monoisotopic (exact) mass is 385 g/mol. The minimum Gasteiger partial charge on any atom is -0.365 e. The highest BCUT2D eigenvalue weighted by Gasteiger charge is 2.28. The summed E-state index contributed by atoms with van der Waals surface area (Å²) in [7, 11) is 4.01. The average molecular weight is 386 g/mol. The number of piperazine rings is 1. The normalized spacial score (nSPS) is 20.8. The van der Waals surface area contributed by atoms with Crippen molar-refractivity contribution in [2.24, 2.45) is 7.05 Å². The highest BCUT2D eigenvalue weighted by Crippen LogP contribution is 2.39. The number of piperidine rings is 1. The Hall–Kier alpha value is -2.34. The summed E-state index contributed by atoms with van der Waals surface area (Å²) in [6.07, 6.45) is 1.83. The summed E-state index contributed by atoms with van der Waals surface area (Å²) < 4.78 is 16.7. The van der Waals surface area contributed by atoms with E-state index in [1.807, 2.05) is 31.6 Å². The lowest BCUT2D eigenvalue weighted by atomic mass is 9.90. The molecule has 152 valence electrons. The van der Waals surface area contributed by atoms with Gasteiger partial charge in [-0.15, -0.1) is 0 Å². The van der Waals surface area contributed by atoms with Crippen LogP contribution < -0.4 is 10.2 Å². The van der Waals surface area contributed by atoms with Crippen LogP contribution in [-0.4, -0.2) is 47.9 Å². The number of hydrogen-bond acceptors (Lipinski definition) is 4. The van der Waals surface area contributed by atoms with Gasteiger partial charge in [-0.3, -0.25) is 4.68 Å². The first-order valence-corrected chi connectivity index (χ1v) is 10.2. The van der Waals surface area contributed by atoms with Crippen LogP contribution in [-0.2, 0) is 7.05 Å². The van der Waals surface area contributed by atoms with Gasteiger partial charge in [0.1, 0.15) is 5.82 Å². The fourth-order valence-electron chi connectivity index (χ4n) is 4.11. The van der Waals surface area contributed by atoms with E-state index in [1.165, 1.54) is 0 Å². The number of halogens is 1. The lowest BCUT2D eigenvalue weighted by molar-refractivity contribution is 0.312. The second-order valence-electron chi connectivity index (χ2n) is 7.44. The third kappa shape index (κ3) is 3.65.